The normalized spacial score (nSPS) is 16.3. The molecule has 0 spiro atoms. The quantitative estimate of drug-likeness (QED) is 0.820. The number of nitriles is 1. The molecule has 6 heteroatoms. The molecule has 1 aromatic heterocycles. The lowest BCUT2D eigenvalue weighted by Crippen LogP contribution is -2.38. The summed E-state index contributed by atoms with van der Waals surface area (Å²) in [5, 5.41) is 8.86. The maximum Gasteiger partial charge on any atom is 0.417 e. The molecule has 1 saturated carbocycles. The minimum atomic E-state index is -4.53. The van der Waals surface area contributed by atoms with Gasteiger partial charge in [-0.15, -0.1) is 0 Å². The molecule has 0 unspecified atom stereocenters. The van der Waals surface area contributed by atoms with Crippen molar-refractivity contribution in [1.29, 1.82) is 5.26 Å². The molecule has 1 aliphatic carbocycles. The first-order chi connectivity index (χ1) is 10.5. The highest BCUT2D eigenvalue weighted by molar-refractivity contribution is 5.49. The van der Waals surface area contributed by atoms with Gasteiger partial charge in [0.05, 0.1) is 11.1 Å². The molecule has 0 aromatic carbocycles. The van der Waals surface area contributed by atoms with Gasteiger partial charge in [0.15, 0.2) is 0 Å². The van der Waals surface area contributed by atoms with Crippen molar-refractivity contribution < 1.29 is 13.2 Å². The third kappa shape index (κ3) is 3.70. The summed E-state index contributed by atoms with van der Waals surface area (Å²) < 4.78 is 39.3. The van der Waals surface area contributed by atoms with Gasteiger partial charge < -0.3 is 4.90 Å². The predicted octanol–water partition coefficient (Wildman–Crippen LogP) is 4.52. The van der Waals surface area contributed by atoms with Crippen LogP contribution < -0.4 is 4.90 Å². The van der Waals surface area contributed by atoms with Crippen molar-refractivity contribution in [3.63, 3.8) is 0 Å². The van der Waals surface area contributed by atoms with Crippen molar-refractivity contribution in [2.24, 2.45) is 0 Å². The Bertz CT molecular complexity index is 543. The van der Waals surface area contributed by atoms with Crippen LogP contribution in [0.5, 0.6) is 0 Å². The molecule has 1 aliphatic rings. The van der Waals surface area contributed by atoms with Crippen molar-refractivity contribution in [3.8, 4) is 6.07 Å². The van der Waals surface area contributed by atoms with Crippen LogP contribution in [-0.4, -0.2) is 17.6 Å². The second-order valence-electron chi connectivity index (χ2n) is 5.68. The second-order valence-corrected chi connectivity index (χ2v) is 5.68. The number of hydrogen-bond donors (Lipinski definition) is 0. The molecule has 1 fully saturated rings. The second kappa shape index (κ2) is 6.99. The molecule has 1 aromatic rings. The third-order valence-corrected chi connectivity index (χ3v) is 4.09. The fraction of sp³-hybridized carbons (Fsp3) is 0.625. The van der Waals surface area contributed by atoms with Crippen LogP contribution in [0.25, 0.3) is 0 Å². The van der Waals surface area contributed by atoms with Gasteiger partial charge in [-0.25, -0.2) is 4.98 Å². The van der Waals surface area contributed by atoms with E-state index in [-0.39, 0.29) is 6.04 Å². The van der Waals surface area contributed by atoms with Crippen LogP contribution in [0.1, 0.15) is 56.6 Å². The Balaban J connectivity index is 2.37. The van der Waals surface area contributed by atoms with E-state index in [1.165, 1.54) is 6.42 Å². The monoisotopic (exact) mass is 311 g/mol. The van der Waals surface area contributed by atoms with Gasteiger partial charge in [0.25, 0.3) is 0 Å². The van der Waals surface area contributed by atoms with Crippen LogP contribution in [0, 0.1) is 11.3 Å². The molecular formula is C16H20F3N3. The molecule has 3 nitrogen and oxygen atoms in total. The average Bonchev–Trinajstić information content (AvgIpc) is 2.52. The van der Waals surface area contributed by atoms with Crippen molar-refractivity contribution in [3.05, 3.63) is 23.4 Å². The Labute approximate surface area is 128 Å². The van der Waals surface area contributed by atoms with E-state index in [2.05, 4.69) is 4.98 Å². The minimum Gasteiger partial charge on any atom is -0.354 e. The summed E-state index contributed by atoms with van der Waals surface area (Å²) in [7, 11) is 0. The zero-order valence-corrected chi connectivity index (χ0v) is 12.7. The molecule has 0 radical (unpaired) electrons. The first-order valence-corrected chi connectivity index (χ1v) is 7.71. The van der Waals surface area contributed by atoms with Crippen molar-refractivity contribution in [2.75, 3.05) is 11.4 Å². The van der Waals surface area contributed by atoms with Crippen LogP contribution in [0.15, 0.2) is 12.3 Å². The van der Waals surface area contributed by atoms with Crippen LogP contribution in [-0.2, 0) is 6.18 Å². The molecule has 0 aliphatic heterocycles. The standard InChI is InChI=1S/C16H20F3N3/c1-2-8-22(13-6-4-3-5-7-13)15-9-14(16(17,18)19)12(10-20)11-21-15/h9,11,13H,2-8H2,1H3. The zero-order chi connectivity index (χ0) is 16.2. The Kier molecular flexibility index (Phi) is 5.28. The van der Waals surface area contributed by atoms with Gasteiger partial charge in [-0.1, -0.05) is 26.2 Å². The summed E-state index contributed by atoms with van der Waals surface area (Å²) in [5.74, 6) is 0.333. The highest BCUT2D eigenvalue weighted by atomic mass is 19.4. The molecule has 0 N–H and O–H groups in total. The van der Waals surface area contributed by atoms with Crippen LogP contribution >= 0.6 is 0 Å². The number of alkyl halides is 3. The molecular weight excluding hydrogens is 291 g/mol. The molecule has 22 heavy (non-hydrogen) atoms. The maximum absolute atomic E-state index is 13.1. The van der Waals surface area contributed by atoms with Crippen LogP contribution in [0.4, 0.5) is 19.0 Å². The van der Waals surface area contributed by atoms with Gasteiger partial charge in [-0.3, -0.25) is 0 Å². The molecule has 0 saturated heterocycles. The Morgan fingerprint density at radius 1 is 1.32 bits per heavy atom. The fourth-order valence-corrected chi connectivity index (χ4v) is 3.04. The summed E-state index contributed by atoms with van der Waals surface area (Å²) in [4.78, 5) is 6.10. The van der Waals surface area contributed by atoms with E-state index in [0.717, 1.165) is 44.4 Å². The number of pyridine rings is 1. The lowest BCUT2D eigenvalue weighted by molar-refractivity contribution is -0.137. The largest absolute Gasteiger partial charge is 0.417 e. The number of hydrogen-bond acceptors (Lipinski definition) is 3. The highest BCUT2D eigenvalue weighted by Crippen LogP contribution is 2.35. The minimum absolute atomic E-state index is 0.246. The summed E-state index contributed by atoms with van der Waals surface area (Å²) in [6, 6.07) is 2.85. The molecule has 1 heterocycles. The summed E-state index contributed by atoms with van der Waals surface area (Å²) in [5.41, 5.74) is -1.31. The number of anilines is 1. The zero-order valence-electron chi connectivity index (χ0n) is 12.7. The smallest absolute Gasteiger partial charge is 0.354 e. The van der Waals surface area contributed by atoms with Gasteiger partial charge >= 0.3 is 6.18 Å². The molecule has 2 rings (SSSR count). The number of halogens is 3. The number of aromatic nitrogens is 1. The van der Waals surface area contributed by atoms with E-state index in [0.29, 0.717) is 12.4 Å². The third-order valence-electron chi connectivity index (χ3n) is 4.09. The lowest BCUT2D eigenvalue weighted by Gasteiger charge is -2.35. The van der Waals surface area contributed by atoms with E-state index in [9.17, 15) is 13.2 Å². The number of rotatable bonds is 4. The van der Waals surface area contributed by atoms with Crippen LogP contribution in [0.3, 0.4) is 0 Å². The van der Waals surface area contributed by atoms with Gasteiger partial charge in [0.2, 0.25) is 0 Å². The molecule has 0 bridgehead atoms. The van der Waals surface area contributed by atoms with Gasteiger partial charge in [-0.05, 0) is 25.3 Å². The first kappa shape index (κ1) is 16.6. The van der Waals surface area contributed by atoms with E-state index in [4.69, 9.17) is 5.26 Å². The number of nitrogens with zero attached hydrogens (tertiary/aromatic N) is 3. The van der Waals surface area contributed by atoms with Gasteiger partial charge in [0.1, 0.15) is 11.9 Å². The molecule has 0 amide bonds. The Morgan fingerprint density at radius 3 is 2.55 bits per heavy atom. The Hall–Kier alpha value is -1.77. The predicted molar refractivity (Wildman–Crippen MR) is 78.5 cm³/mol. The molecule has 0 atom stereocenters. The van der Waals surface area contributed by atoms with Crippen molar-refractivity contribution >= 4 is 5.82 Å². The van der Waals surface area contributed by atoms with Crippen molar-refractivity contribution in [2.45, 2.75) is 57.7 Å². The van der Waals surface area contributed by atoms with Gasteiger partial charge in [0, 0.05) is 18.8 Å². The summed E-state index contributed by atoms with van der Waals surface area (Å²) >= 11 is 0. The van der Waals surface area contributed by atoms with E-state index in [1.54, 1.807) is 6.07 Å². The SMILES string of the molecule is CCCN(c1cc(C(F)(F)F)c(C#N)cn1)C1CCCCC1. The first-order valence-electron chi connectivity index (χ1n) is 7.71. The average molecular weight is 311 g/mol. The van der Waals surface area contributed by atoms with E-state index < -0.39 is 17.3 Å². The fourth-order valence-electron chi connectivity index (χ4n) is 3.04. The Morgan fingerprint density at radius 2 is 2.00 bits per heavy atom. The lowest BCUT2D eigenvalue weighted by atomic mass is 9.94. The highest BCUT2D eigenvalue weighted by Gasteiger charge is 2.35. The van der Waals surface area contributed by atoms with E-state index >= 15 is 0 Å². The van der Waals surface area contributed by atoms with Crippen LogP contribution in [0.2, 0.25) is 0 Å². The maximum atomic E-state index is 13.1. The van der Waals surface area contributed by atoms with Gasteiger partial charge in [-0.2, -0.15) is 18.4 Å². The summed E-state index contributed by atoms with van der Waals surface area (Å²) in [6.45, 7) is 2.69. The topological polar surface area (TPSA) is 39.9 Å². The van der Waals surface area contributed by atoms with E-state index in [1.807, 2.05) is 11.8 Å². The summed E-state index contributed by atoms with van der Waals surface area (Å²) in [6.07, 6.45) is 2.73. The molecule has 120 valence electrons. The van der Waals surface area contributed by atoms with Crippen molar-refractivity contribution in [1.82, 2.24) is 4.98 Å².